The zero-order valence-corrected chi connectivity index (χ0v) is 7.57. The average Bonchev–Trinajstić information content (AvgIpc) is 2.17. The van der Waals surface area contributed by atoms with E-state index >= 15 is 0 Å². The minimum atomic E-state index is 0.623. The van der Waals surface area contributed by atoms with Crippen molar-refractivity contribution in [3.05, 3.63) is 41.5 Å². The molecule has 1 rings (SSSR count). The van der Waals surface area contributed by atoms with Crippen molar-refractivity contribution in [2.45, 2.75) is 6.61 Å². The van der Waals surface area contributed by atoms with Crippen molar-refractivity contribution in [1.82, 2.24) is 0 Å². The SMILES string of the molecule is COCc1ccc(C=CC=O)cc1. The number of benzene rings is 1. The van der Waals surface area contributed by atoms with Crippen LogP contribution in [0.25, 0.3) is 6.08 Å². The number of rotatable bonds is 4. The smallest absolute Gasteiger partial charge is 0.142 e. The Balaban J connectivity index is 2.69. The summed E-state index contributed by atoms with van der Waals surface area (Å²) in [6.45, 7) is 0.623. The summed E-state index contributed by atoms with van der Waals surface area (Å²) in [7, 11) is 1.67. The zero-order valence-electron chi connectivity index (χ0n) is 7.57. The summed E-state index contributed by atoms with van der Waals surface area (Å²) in [6, 6.07) is 7.87. The molecule has 0 aliphatic rings. The summed E-state index contributed by atoms with van der Waals surface area (Å²) in [6.07, 6.45) is 4.01. The number of hydrogen-bond donors (Lipinski definition) is 0. The lowest BCUT2D eigenvalue weighted by Crippen LogP contribution is -1.86. The Hall–Kier alpha value is -1.41. The molecule has 1 aromatic carbocycles. The molecule has 2 nitrogen and oxygen atoms in total. The molecule has 68 valence electrons. The first kappa shape index (κ1) is 9.68. The first-order valence-corrected chi connectivity index (χ1v) is 4.06. The van der Waals surface area contributed by atoms with Gasteiger partial charge in [-0.15, -0.1) is 0 Å². The molecule has 0 aromatic heterocycles. The van der Waals surface area contributed by atoms with Crippen LogP contribution < -0.4 is 0 Å². The first-order valence-electron chi connectivity index (χ1n) is 4.06. The quantitative estimate of drug-likeness (QED) is 0.518. The summed E-state index contributed by atoms with van der Waals surface area (Å²) in [5.41, 5.74) is 2.15. The molecule has 0 heterocycles. The van der Waals surface area contributed by atoms with Crippen LogP contribution in [0.1, 0.15) is 11.1 Å². The molecule has 0 atom stereocenters. The van der Waals surface area contributed by atoms with E-state index in [9.17, 15) is 4.79 Å². The summed E-state index contributed by atoms with van der Waals surface area (Å²) < 4.78 is 4.97. The molecule has 0 aliphatic carbocycles. The Morgan fingerprint density at radius 2 is 2.00 bits per heavy atom. The van der Waals surface area contributed by atoms with Crippen molar-refractivity contribution < 1.29 is 9.53 Å². The standard InChI is InChI=1S/C11H12O2/c1-13-9-11-6-4-10(5-7-11)3-2-8-12/h2-8H,9H2,1H3. The largest absolute Gasteiger partial charge is 0.380 e. The lowest BCUT2D eigenvalue weighted by molar-refractivity contribution is -0.104. The van der Waals surface area contributed by atoms with Crippen molar-refractivity contribution >= 4 is 12.4 Å². The van der Waals surface area contributed by atoms with Gasteiger partial charge in [0.15, 0.2) is 0 Å². The van der Waals surface area contributed by atoms with Crippen LogP contribution in [0.4, 0.5) is 0 Å². The fourth-order valence-corrected chi connectivity index (χ4v) is 1.04. The van der Waals surface area contributed by atoms with Crippen molar-refractivity contribution in [3.8, 4) is 0 Å². The summed E-state index contributed by atoms with van der Waals surface area (Å²) in [5.74, 6) is 0. The second-order valence-electron chi connectivity index (χ2n) is 2.67. The molecule has 0 amide bonds. The molecule has 0 spiro atoms. The minimum absolute atomic E-state index is 0.623. The third-order valence-corrected chi connectivity index (χ3v) is 1.66. The Kier molecular flexibility index (Phi) is 3.93. The van der Waals surface area contributed by atoms with Crippen LogP contribution in [0.15, 0.2) is 30.3 Å². The van der Waals surface area contributed by atoms with Crippen molar-refractivity contribution in [1.29, 1.82) is 0 Å². The molecule has 0 N–H and O–H groups in total. The van der Waals surface area contributed by atoms with E-state index in [0.717, 1.165) is 17.4 Å². The highest BCUT2D eigenvalue weighted by molar-refractivity contribution is 5.73. The Bertz CT molecular complexity index is 285. The van der Waals surface area contributed by atoms with E-state index in [1.54, 1.807) is 13.2 Å². The third-order valence-electron chi connectivity index (χ3n) is 1.66. The maximum atomic E-state index is 10.0. The number of allylic oxidation sites excluding steroid dienone is 1. The summed E-state index contributed by atoms with van der Waals surface area (Å²) in [5, 5.41) is 0. The lowest BCUT2D eigenvalue weighted by Gasteiger charge is -1.99. The fraction of sp³-hybridized carbons (Fsp3) is 0.182. The highest BCUT2D eigenvalue weighted by atomic mass is 16.5. The third kappa shape index (κ3) is 3.22. The molecule has 2 heteroatoms. The predicted octanol–water partition coefficient (Wildman–Crippen LogP) is 2.05. The number of hydrogen-bond acceptors (Lipinski definition) is 2. The molecule has 0 radical (unpaired) electrons. The van der Waals surface area contributed by atoms with Crippen LogP contribution in [0.5, 0.6) is 0 Å². The molecule has 0 bridgehead atoms. The van der Waals surface area contributed by atoms with Gasteiger partial charge in [-0.05, 0) is 17.2 Å². The maximum Gasteiger partial charge on any atom is 0.142 e. The van der Waals surface area contributed by atoms with E-state index in [4.69, 9.17) is 4.74 Å². The topological polar surface area (TPSA) is 26.3 Å². The van der Waals surface area contributed by atoms with E-state index in [-0.39, 0.29) is 0 Å². The highest BCUT2D eigenvalue weighted by Gasteiger charge is 1.90. The molecule has 1 aromatic rings. The molecule has 0 aliphatic heterocycles. The lowest BCUT2D eigenvalue weighted by atomic mass is 10.1. The van der Waals surface area contributed by atoms with E-state index < -0.39 is 0 Å². The van der Waals surface area contributed by atoms with Crippen LogP contribution in [0.3, 0.4) is 0 Å². The maximum absolute atomic E-state index is 10.0. The van der Waals surface area contributed by atoms with Gasteiger partial charge in [0, 0.05) is 7.11 Å². The van der Waals surface area contributed by atoms with E-state index in [0.29, 0.717) is 6.61 Å². The number of aldehydes is 1. The molecule has 0 fully saturated rings. The van der Waals surface area contributed by atoms with Gasteiger partial charge in [0.1, 0.15) is 6.29 Å². The van der Waals surface area contributed by atoms with Gasteiger partial charge in [-0.1, -0.05) is 30.3 Å². The number of methoxy groups -OCH3 is 1. The van der Waals surface area contributed by atoms with Crippen LogP contribution >= 0.6 is 0 Å². The van der Waals surface area contributed by atoms with Gasteiger partial charge in [-0.3, -0.25) is 4.79 Å². The number of carbonyl (C=O) groups excluding carboxylic acids is 1. The Labute approximate surface area is 77.8 Å². The monoisotopic (exact) mass is 176 g/mol. The molecule has 0 unspecified atom stereocenters. The average molecular weight is 176 g/mol. The second-order valence-corrected chi connectivity index (χ2v) is 2.67. The van der Waals surface area contributed by atoms with E-state index in [1.165, 1.54) is 6.08 Å². The predicted molar refractivity (Wildman–Crippen MR) is 52.3 cm³/mol. The normalized spacial score (nSPS) is 10.5. The van der Waals surface area contributed by atoms with Gasteiger partial charge in [0.2, 0.25) is 0 Å². The van der Waals surface area contributed by atoms with E-state index in [2.05, 4.69) is 0 Å². The van der Waals surface area contributed by atoms with E-state index in [1.807, 2.05) is 24.3 Å². The van der Waals surface area contributed by atoms with Gasteiger partial charge in [0.25, 0.3) is 0 Å². The Morgan fingerprint density at radius 1 is 1.31 bits per heavy atom. The minimum Gasteiger partial charge on any atom is -0.380 e. The molecule has 13 heavy (non-hydrogen) atoms. The second kappa shape index (κ2) is 5.27. The van der Waals surface area contributed by atoms with Gasteiger partial charge in [-0.25, -0.2) is 0 Å². The van der Waals surface area contributed by atoms with Gasteiger partial charge in [-0.2, -0.15) is 0 Å². The van der Waals surface area contributed by atoms with Crippen LogP contribution in [-0.4, -0.2) is 13.4 Å². The zero-order chi connectivity index (χ0) is 9.52. The van der Waals surface area contributed by atoms with Gasteiger partial charge in [0.05, 0.1) is 6.61 Å². The van der Waals surface area contributed by atoms with Crippen LogP contribution in [0, 0.1) is 0 Å². The molecular weight excluding hydrogens is 164 g/mol. The highest BCUT2D eigenvalue weighted by Crippen LogP contribution is 2.06. The number of ether oxygens (including phenoxy) is 1. The Morgan fingerprint density at radius 3 is 2.54 bits per heavy atom. The fourth-order valence-electron chi connectivity index (χ4n) is 1.04. The summed E-state index contributed by atoms with van der Waals surface area (Å²) >= 11 is 0. The van der Waals surface area contributed by atoms with Crippen molar-refractivity contribution in [2.24, 2.45) is 0 Å². The first-order chi connectivity index (χ1) is 6.36. The van der Waals surface area contributed by atoms with Gasteiger partial charge >= 0.3 is 0 Å². The summed E-state index contributed by atoms with van der Waals surface area (Å²) in [4.78, 5) is 10.0. The molecule has 0 saturated heterocycles. The molecular formula is C11H12O2. The number of carbonyl (C=O) groups is 1. The van der Waals surface area contributed by atoms with Crippen molar-refractivity contribution in [3.63, 3.8) is 0 Å². The van der Waals surface area contributed by atoms with Crippen LogP contribution in [0.2, 0.25) is 0 Å². The van der Waals surface area contributed by atoms with Gasteiger partial charge < -0.3 is 4.74 Å². The van der Waals surface area contributed by atoms with Crippen molar-refractivity contribution in [2.75, 3.05) is 7.11 Å². The van der Waals surface area contributed by atoms with Crippen LogP contribution in [-0.2, 0) is 16.1 Å². The molecule has 0 saturated carbocycles.